The molecule has 3 amide bonds. The molecule has 1 unspecified atom stereocenters. The predicted molar refractivity (Wildman–Crippen MR) is 73.5 cm³/mol. The van der Waals surface area contributed by atoms with Crippen molar-refractivity contribution in [1.82, 2.24) is 15.5 Å². The van der Waals surface area contributed by atoms with Gasteiger partial charge in [0.2, 0.25) is 5.91 Å². The summed E-state index contributed by atoms with van der Waals surface area (Å²) in [4.78, 5) is 35.2. The number of carbonyl (C=O) groups excluding carboxylic acids is 2. The Morgan fingerprint density at radius 2 is 1.95 bits per heavy atom. The Labute approximate surface area is 122 Å². The minimum absolute atomic E-state index is 0.0818. The summed E-state index contributed by atoms with van der Waals surface area (Å²) >= 11 is 0. The number of hydrogen-bond acceptors (Lipinski definition) is 5. The number of likely N-dealkylation sites (N-methyl/N-ethyl adjacent to an activating group) is 1. The summed E-state index contributed by atoms with van der Waals surface area (Å²) in [6, 6.07) is -1.56. The zero-order valence-corrected chi connectivity index (χ0v) is 12.5. The summed E-state index contributed by atoms with van der Waals surface area (Å²) in [5.41, 5.74) is 0. The highest BCUT2D eigenvalue weighted by atomic mass is 32.2. The lowest BCUT2D eigenvalue weighted by molar-refractivity contribution is -0.138. The maximum atomic E-state index is 12.0. The number of amides is 3. The second-order valence-corrected chi connectivity index (χ2v) is 6.90. The quantitative estimate of drug-likeness (QED) is 0.559. The molecule has 0 aromatic rings. The van der Waals surface area contributed by atoms with Crippen LogP contribution in [-0.2, 0) is 19.4 Å². The van der Waals surface area contributed by atoms with Crippen molar-refractivity contribution in [1.29, 1.82) is 0 Å². The van der Waals surface area contributed by atoms with Crippen LogP contribution in [0.25, 0.3) is 0 Å². The number of nitrogens with zero attached hydrogens (tertiary/aromatic N) is 1. The van der Waals surface area contributed by atoms with Crippen LogP contribution in [0.15, 0.2) is 0 Å². The molecular weight excluding hydrogens is 302 g/mol. The molecule has 21 heavy (non-hydrogen) atoms. The molecule has 3 N–H and O–H groups in total. The van der Waals surface area contributed by atoms with E-state index in [-0.39, 0.29) is 30.5 Å². The lowest BCUT2D eigenvalue weighted by Crippen LogP contribution is -2.55. The van der Waals surface area contributed by atoms with Crippen LogP contribution < -0.4 is 10.6 Å². The molecule has 1 fully saturated rings. The molecule has 1 atom stereocenters. The molecule has 0 bridgehead atoms. The number of carbonyl (C=O) groups is 3. The van der Waals surface area contributed by atoms with E-state index in [4.69, 9.17) is 5.11 Å². The van der Waals surface area contributed by atoms with E-state index in [2.05, 4.69) is 10.6 Å². The Morgan fingerprint density at radius 1 is 1.29 bits per heavy atom. The average molecular weight is 321 g/mol. The Morgan fingerprint density at radius 3 is 2.52 bits per heavy atom. The predicted octanol–water partition coefficient (Wildman–Crippen LogP) is -1.59. The fraction of sp³-hybridized carbons (Fsp3) is 0.727. The average Bonchev–Trinajstić information content (AvgIpc) is 2.34. The van der Waals surface area contributed by atoms with E-state index in [1.807, 2.05) is 0 Å². The van der Waals surface area contributed by atoms with Crippen LogP contribution in [-0.4, -0.2) is 73.5 Å². The first-order chi connectivity index (χ1) is 9.75. The maximum absolute atomic E-state index is 12.0. The highest BCUT2D eigenvalue weighted by molar-refractivity contribution is 7.91. The summed E-state index contributed by atoms with van der Waals surface area (Å²) in [7, 11) is -3.35. The van der Waals surface area contributed by atoms with Gasteiger partial charge in [0, 0.05) is 13.1 Å². The second kappa shape index (κ2) is 7.25. The van der Waals surface area contributed by atoms with Gasteiger partial charge in [0.25, 0.3) is 0 Å². The Bertz CT molecular complexity index is 518. The van der Waals surface area contributed by atoms with Gasteiger partial charge in [-0.2, -0.15) is 0 Å². The standard InChI is InChI=1S/C11H19N3O6S/c1-2-12-9(15)6-13-11(18)14-3-4-21(19,20)7-8(14)5-10(16)17/h8H,2-7H2,1H3,(H,12,15)(H,13,18)(H,16,17). The van der Waals surface area contributed by atoms with Crippen molar-refractivity contribution >= 4 is 27.7 Å². The smallest absolute Gasteiger partial charge is 0.318 e. The van der Waals surface area contributed by atoms with Crippen molar-refractivity contribution in [3.05, 3.63) is 0 Å². The van der Waals surface area contributed by atoms with Crippen LogP contribution in [0.1, 0.15) is 13.3 Å². The highest BCUT2D eigenvalue weighted by Gasteiger charge is 2.35. The number of sulfone groups is 1. The third kappa shape index (κ3) is 5.58. The highest BCUT2D eigenvalue weighted by Crippen LogP contribution is 2.15. The Kier molecular flexibility index (Phi) is 5.94. The number of carboxylic acid groups (broad SMARTS) is 1. The molecule has 0 saturated carbocycles. The van der Waals surface area contributed by atoms with Gasteiger partial charge in [-0.05, 0) is 6.92 Å². The third-order valence-corrected chi connectivity index (χ3v) is 4.67. The van der Waals surface area contributed by atoms with E-state index >= 15 is 0 Å². The first-order valence-electron chi connectivity index (χ1n) is 6.48. The van der Waals surface area contributed by atoms with Crippen molar-refractivity contribution in [3.8, 4) is 0 Å². The van der Waals surface area contributed by atoms with Gasteiger partial charge in [-0.3, -0.25) is 9.59 Å². The second-order valence-electron chi connectivity index (χ2n) is 4.67. The van der Waals surface area contributed by atoms with Crippen molar-refractivity contribution in [2.24, 2.45) is 0 Å². The molecule has 0 aromatic carbocycles. The molecule has 10 heteroatoms. The number of carboxylic acids is 1. The van der Waals surface area contributed by atoms with Crippen molar-refractivity contribution in [2.75, 3.05) is 31.1 Å². The number of nitrogens with one attached hydrogen (secondary N) is 2. The van der Waals surface area contributed by atoms with E-state index < -0.39 is 34.3 Å². The van der Waals surface area contributed by atoms with Gasteiger partial charge in [-0.15, -0.1) is 0 Å². The first-order valence-corrected chi connectivity index (χ1v) is 8.30. The molecule has 1 saturated heterocycles. The van der Waals surface area contributed by atoms with Gasteiger partial charge in [-0.1, -0.05) is 0 Å². The zero-order valence-electron chi connectivity index (χ0n) is 11.7. The summed E-state index contributed by atoms with van der Waals surface area (Å²) < 4.78 is 23.1. The molecule has 0 radical (unpaired) electrons. The summed E-state index contributed by atoms with van der Waals surface area (Å²) in [5, 5.41) is 13.7. The first kappa shape index (κ1) is 17.2. The topological polar surface area (TPSA) is 133 Å². The van der Waals surface area contributed by atoms with Crippen LogP contribution in [0.5, 0.6) is 0 Å². The van der Waals surface area contributed by atoms with E-state index in [9.17, 15) is 22.8 Å². The van der Waals surface area contributed by atoms with Gasteiger partial charge in [0.05, 0.1) is 30.5 Å². The summed E-state index contributed by atoms with van der Waals surface area (Å²) in [5.74, 6) is -2.14. The molecule has 0 aliphatic carbocycles. The third-order valence-electron chi connectivity index (χ3n) is 2.98. The minimum atomic E-state index is -3.35. The number of hydrogen-bond donors (Lipinski definition) is 3. The van der Waals surface area contributed by atoms with Crippen LogP contribution >= 0.6 is 0 Å². The van der Waals surface area contributed by atoms with Crippen LogP contribution in [0, 0.1) is 0 Å². The van der Waals surface area contributed by atoms with E-state index in [0.717, 1.165) is 4.90 Å². The molecule has 1 aliphatic rings. The molecule has 0 spiro atoms. The van der Waals surface area contributed by atoms with Crippen molar-refractivity contribution in [2.45, 2.75) is 19.4 Å². The van der Waals surface area contributed by atoms with E-state index in [1.54, 1.807) is 6.92 Å². The Hall–Kier alpha value is -1.84. The minimum Gasteiger partial charge on any atom is -0.481 e. The van der Waals surface area contributed by atoms with Gasteiger partial charge in [0.15, 0.2) is 9.84 Å². The Balaban J connectivity index is 2.66. The van der Waals surface area contributed by atoms with Crippen LogP contribution in [0.4, 0.5) is 4.79 Å². The molecule has 0 aromatic heterocycles. The molecule has 1 heterocycles. The monoisotopic (exact) mass is 321 g/mol. The fourth-order valence-corrected chi connectivity index (χ4v) is 3.57. The molecular formula is C11H19N3O6S. The largest absolute Gasteiger partial charge is 0.481 e. The normalized spacial score (nSPS) is 20.6. The van der Waals surface area contributed by atoms with E-state index in [1.165, 1.54) is 0 Å². The SMILES string of the molecule is CCNC(=O)CNC(=O)N1CCS(=O)(=O)CC1CC(=O)O. The van der Waals surface area contributed by atoms with Crippen LogP contribution in [0.2, 0.25) is 0 Å². The molecule has 1 rings (SSSR count). The van der Waals surface area contributed by atoms with Gasteiger partial charge in [0.1, 0.15) is 0 Å². The number of aliphatic carboxylic acids is 1. The zero-order chi connectivity index (χ0) is 16.0. The van der Waals surface area contributed by atoms with Gasteiger partial charge < -0.3 is 20.6 Å². The fourth-order valence-electron chi connectivity index (χ4n) is 2.04. The lowest BCUT2D eigenvalue weighted by Gasteiger charge is -2.34. The molecule has 1 aliphatic heterocycles. The number of rotatable bonds is 5. The van der Waals surface area contributed by atoms with Crippen molar-refractivity contribution in [3.63, 3.8) is 0 Å². The number of urea groups is 1. The summed E-state index contributed by atoms with van der Waals surface area (Å²) in [6.07, 6.45) is -0.451. The molecule has 9 nitrogen and oxygen atoms in total. The van der Waals surface area contributed by atoms with Crippen LogP contribution in [0.3, 0.4) is 0 Å². The van der Waals surface area contributed by atoms with E-state index in [0.29, 0.717) is 6.54 Å². The van der Waals surface area contributed by atoms with Gasteiger partial charge >= 0.3 is 12.0 Å². The van der Waals surface area contributed by atoms with Gasteiger partial charge in [-0.25, -0.2) is 13.2 Å². The summed E-state index contributed by atoms with van der Waals surface area (Å²) in [6.45, 7) is 1.84. The molecule has 120 valence electrons. The maximum Gasteiger partial charge on any atom is 0.318 e. The lowest BCUT2D eigenvalue weighted by atomic mass is 10.2. The van der Waals surface area contributed by atoms with Crippen molar-refractivity contribution < 1.29 is 27.9 Å².